The first-order chi connectivity index (χ1) is 24.7. The highest BCUT2D eigenvalue weighted by molar-refractivity contribution is 5.88. The number of hydrogen-bond donors (Lipinski definition) is 5. The molecule has 5 N–H and O–H groups in total. The Bertz CT molecular complexity index is 1990. The van der Waals surface area contributed by atoms with E-state index in [0.29, 0.717) is 11.1 Å². The van der Waals surface area contributed by atoms with Gasteiger partial charge in [-0.3, -0.25) is 4.79 Å². The largest absolute Gasteiger partial charge is 0.508 e. The van der Waals surface area contributed by atoms with Crippen LogP contribution in [0.25, 0.3) is 22.1 Å². The Balaban J connectivity index is 1.31. The molecule has 2 heterocycles. The molecule has 1 fully saturated rings. The molecule has 2 aliphatic rings. The summed E-state index contributed by atoms with van der Waals surface area (Å²) in [6, 6.07) is 8.32. The quantitative estimate of drug-likeness (QED) is 0.0928. The summed E-state index contributed by atoms with van der Waals surface area (Å²) in [6.07, 6.45) is 7.89. The summed E-state index contributed by atoms with van der Waals surface area (Å²) in [7, 11) is 0. The lowest BCUT2D eigenvalue weighted by Gasteiger charge is -2.41. The fourth-order valence-corrected chi connectivity index (χ4v) is 6.56. The third kappa shape index (κ3) is 8.74. The zero-order chi connectivity index (χ0) is 37.7. The molecular weight excluding hydrogens is 668 g/mol. The van der Waals surface area contributed by atoms with Crippen molar-refractivity contribution in [3.63, 3.8) is 0 Å². The number of carbonyl (C=O) groups excluding carboxylic acids is 1. The van der Waals surface area contributed by atoms with E-state index in [4.69, 9.17) is 18.6 Å². The topological polar surface area (TPSA) is 176 Å². The molecule has 0 radical (unpaired) electrons. The number of benzene rings is 2. The van der Waals surface area contributed by atoms with Crippen molar-refractivity contribution in [2.24, 2.45) is 5.41 Å². The molecule has 0 spiro atoms. The molecular formula is C41H46O11. The smallest absolute Gasteiger partial charge is 0.331 e. The van der Waals surface area contributed by atoms with Crippen molar-refractivity contribution in [1.82, 2.24) is 0 Å². The third-order valence-corrected chi connectivity index (χ3v) is 9.46. The Hall–Kier alpha value is -4.94. The first-order valence-corrected chi connectivity index (χ1v) is 17.2. The molecule has 52 heavy (non-hydrogen) atoms. The highest BCUT2D eigenvalue weighted by Gasteiger charge is 2.48. The predicted molar refractivity (Wildman–Crippen MR) is 196 cm³/mol. The molecule has 0 unspecified atom stereocenters. The minimum Gasteiger partial charge on any atom is -0.508 e. The molecule has 5 rings (SSSR count). The zero-order valence-corrected chi connectivity index (χ0v) is 29.9. The molecule has 1 aromatic heterocycles. The molecule has 276 valence electrons. The van der Waals surface area contributed by atoms with Crippen LogP contribution in [0.2, 0.25) is 0 Å². The van der Waals surface area contributed by atoms with E-state index in [2.05, 4.69) is 32.9 Å². The maximum absolute atomic E-state index is 13.3. The van der Waals surface area contributed by atoms with Crippen molar-refractivity contribution < 1.29 is 49.0 Å². The van der Waals surface area contributed by atoms with Crippen LogP contribution < -0.4 is 10.2 Å². The van der Waals surface area contributed by atoms with Crippen molar-refractivity contribution in [2.45, 2.75) is 84.6 Å². The standard InChI is InChI=1S/C41H46O11/c1-23(11-16-30-25(3)10-7-17-41(30,4)5)8-6-9-24(2)18-34(45)52-39-38(48)37(47)33(21-42)51-40(39)50-28-19-31(44)35-32(20-28)49-22-29(36(35)46)26-12-14-27(43)15-13-26/h6,8-9,11-16,18-20,22,33,37-40,42-44,47-48H,7,10,17,21H2,1-5H3/b9-6+,16-11+,23-8+,24-18+/t33-,37-,38+,39-,40-/m1/s1. The molecule has 5 atom stereocenters. The SMILES string of the molecule is CC1=C(/C=C/C(C)=C/C=C/C(C)=C/C(=O)O[C@H]2[C@H](Oc3cc(O)c4c(=O)c(-c5ccc(O)cc5)coc4c3)O[C@H](CO)[C@@H](O)[C@@H]2O)C(C)(C)CCC1. The van der Waals surface area contributed by atoms with Gasteiger partial charge in [0.05, 0.1) is 12.2 Å². The van der Waals surface area contributed by atoms with E-state index >= 15 is 0 Å². The first kappa shape index (κ1) is 38.3. The summed E-state index contributed by atoms with van der Waals surface area (Å²) < 4.78 is 22.7. The van der Waals surface area contributed by atoms with Crippen molar-refractivity contribution in [3.8, 4) is 28.4 Å². The minimum atomic E-state index is -1.71. The molecule has 3 aromatic rings. The van der Waals surface area contributed by atoms with Gasteiger partial charge in [-0.05, 0) is 74.3 Å². The van der Waals surface area contributed by atoms with Gasteiger partial charge in [0.15, 0.2) is 6.10 Å². The second kappa shape index (κ2) is 16.2. The lowest BCUT2D eigenvalue weighted by atomic mass is 9.72. The van der Waals surface area contributed by atoms with Gasteiger partial charge in [-0.1, -0.05) is 67.5 Å². The van der Waals surface area contributed by atoms with Crippen molar-refractivity contribution in [2.75, 3.05) is 6.61 Å². The van der Waals surface area contributed by atoms with E-state index in [9.17, 15) is 35.1 Å². The number of aromatic hydroxyl groups is 2. The third-order valence-electron chi connectivity index (χ3n) is 9.46. The van der Waals surface area contributed by atoms with Gasteiger partial charge >= 0.3 is 5.97 Å². The fraction of sp³-hybridized carbons (Fsp3) is 0.366. The van der Waals surface area contributed by atoms with Gasteiger partial charge in [0.1, 0.15) is 52.8 Å². The lowest BCUT2D eigenvalue weighted by Crippen LogP contribution is -2.61. The van der Waals surface area contributed by atoms with Gasteiger partial charge in [-0.25, -0.2) is 4.79 Å². The molecule has 1 aliphatic heterocycles. The van der Waals surface area contributed by atoms with Crippen LogP contribution in [0.4, 0.5) is 0 Å². The van der Waals surface area contributed by atoms with Gasteiger partial charge in [-0.2, -0.15) is 0 Å². The van der Waals surface area contributed by atoms with Crippen LogP contribution in [0, 0.1) is 5.41 Å². The number of aliphatic hydroxyl groups excluding tert-OH is 3. The Morgan fingerprint density at radius 2 is 1.77 bits per heavy atom. The summed E-state index contributed by atoms with van der Waals surface area (Å²) in [6.45, 7) is 9.74. The van der Waals surface area contributed by atoms with Crippen LogP contribution in [0.3, 0.4) is 0 Å². The number of phenolic OH excluding ortho intramolecular Hbond substituents is 2. The minimum absolute atomic E-state index is 0.0187. The van der Waals surface area contributed by atoms with Crippen LogP contribution in [-0.2, 0) is 14.3 Å². The van der Waals surface area contributed by atoms with E-state index < -0.39 is 54.5 Å². The number of aliphatic hydroxyl groups is 3. The summed E-state index contributed by atoms with van der Waals surface area (Å²) in [4.78, 5) is 26.3. The number of phenols is 2. The van der Waals surface area contributed by atoms with Crippen LogP contribution in [-0.4, -0.2) is 68.8 Å². The molecule has 0 bridgehead atoms. The van der Waals surface area contributed by atoms with Gasteiger partial charge in [0.25, 0.3) is 0 Å². The Kier molecular flexibility index (Phi) is 11.9. The second-order valence-corrected chi connectivity index (χ2v) is 14.0. The van der Waals surface area contributed by atoms with Crippen LogP contribution >= 0.6 is 0 Å². The highest BCUT2D eigenvalue weighted by Crippen LogP contribution is 2.41. The molecule has 1 aliphatic carbocycles. The number of rotatable bonds is 10. The predicted octanol–water partition coefficient (Wildman–Crippen LogP) is 6.13. The molecule has 11 nitrogen and oxygen atoms in total. The highest BCUT2D eigenvalue weighted by atomic mass is 16.7. The number of hydrogen-bond acceptors (Lipinski definition) is 11. The number of carbonyl (C=O) groups is 1. The van der Waals surface area contributed by atoms with Gasteiger partial charge in [0, 0.05) is 18.2 Å². The summed E-state index contributed by atoms with van der Waals surface area (Å²) >= 11 is 0. The van der Waals surface area contributed by atoms with Gasteiger partial charge in [-0.15, -0.1) is 0 Å². The van der Waals surface area contributed by atoms with Crippen LogP contribution in [0.5, 0.6) is 17.2 Å². The van der Waals surface area contributed by atoms with Crippen LogP contribution in [0.15, 0.2) is 111 Å². The second-order valence-electron chi connectivity index (χ2n) is 14.0. The molecule has 0 saturated carbocycles. The summed E-state index contributed by atoms with van der Waals surface area (Å²) in [5.41, 5.74) is 4.52. The maximum Gasteiger partial charge on any atom is 0.331 e. The van der Waals surface area contributed by atoms with E-state index in [0.717, 1.165) is 24.5 Å². The van der Waals surface area contributed by atoms with Crippen molar-refractivity contribution in [3.05, 3.63) is 112 Å². The molecule has 1 saturated heterocycles. The first-order valence-electron chi connectivity index (χ1n) is 17.2. The van der Waals surface area contributed by atoms with Crippen molar-refractivity contribution >= 4 is 16.9 Å². The average molecular weight is 715 g/mol. The summed E-state index contributed by atoms with van der Waals surface area (Å²) in [5, 5.41) is 51.5. The van der Waals surface area contributed by atoms with E-state index in [-0.39, 0.29) is 33.4 Å². The van der Waals surface area contributed by atoms with Crippen LogP contribution in [0.1, 0.15) is 53.9 Å². The normalized spacial score (nSPS) is 24.2. The van der Waals surface area contributed by atoms with Gasteiger partial charge in [0.2, 0.25) is 11.7 Å². The number of esters is 1. The average Bonchev–Trinajstić information content (AvgIpc) is 3.08. The molecule has 11 heteroatoms. The fourth-order valence-electron chi connectivity index (χ4n) is 6.56. The van der Waals surface area contributed by atoms with Gasteiger partial charge < -0.3 is 44.2 Å². The number of ether oxygens (including phenoxy) is 3. The molecule has 2 aromatic carbocycles. The van der Waals surface area contributed by atoms with E-state index in [1.165, 1.54) is 60.2 Å². The monoisotopic (exact) mass is 714 g/mol. The number of allylic oxidation sites excluding steroid dienone is 9. The molecule has 0 amide bonds. The zero-order valence-electron chi connectivity index (χ0n) is 29.9. The Morgan fingerprint density at radius 1 is 1.04 bits per heavy atom. The Labute approximate surface area is 302 Å². The number of fused-ring (bicyclic) bond motifs is 1. The Morgan fingerprint density at radius 3 is 2.46 bits per heavy atom. The summed E-state index contributed by atoms with van der Waals surface area (Å²) in [5.74, 6) is -1.40. The van der Waals surface area contributed by atoms with E-state index in [1.54, 1.807) is 13.0 Å². The lowest BCUT2D eigenvalue weighted by molar-refractivity contribution is -0.281. The van der Waals surface area contributed by atoms with Crippen molar-refractivity contribution in [1.29, 1.82) is 0 Å². The van der Waals surface area contributed by atoms with E-state index in [1.807, 2.05) is 19.1 Å². The maximum atomic E-state index is 13.3.